The number of ketones is 1. The summed E-state index contributed by atoms with van der Waals surface area (Å²) >= 11 is 5.93. The van der Waals surface area contributed by atoms with Gasteiger partial charge in [0.05, 0.1) is 23.0 Å². The molecule has 1 atom stereocenters. The second kappa shape index (κ2) is 11.1. The zero-order valence-electron chi connectivity index (χ0n) is 20.9. The first kappa shape index (κ1) is 29.4. The maximum absolute atomic E-state index is 14.6. The fourth-order valence-electron chi connectivity index (χ4n) is 4.23. The lowest BCUT2D eigenvalue weighted by Crippen LogP contribution is -2.48. The van der Waals surface area contributed by atoms with Crippen molar-refractivity contribution in [1.82, 2.24) is 4.72 Å². The molecule has 3 aromatic rings. The molecular weight excluding hydrogens is 585 g/mol. The molecule has 0 bridgehead atoms. The summed E-state index contributed by atoms with van der Waals surface area (Å²) in [4.78, 5) is 12.4. The Morgan fingerprint density at radius 1 is 0.821 bits per heavy atom. The highest BCUT2D eigenvalue weighted by molar-refractivity contribution is 7.96. The predicted molar refractivity (Wildman–Crippen MR) is 147 cm³/mol. The van der Waals surface area contributed by atoms with Crippen molar-refractivity contribution in [3.63, 3.8) is 0 Å². The Morgan fingerprint density at radius 2 is 1.38 bits per heavy atom. The lowest BCUT2D eigenvalue weighted by Gasteiger charge is -2.40. The highest BCUT2D eigenvalue weighted by Gasteiger charge is 2.58. The SMILES string of the molecule is CCOP(=O)(OCC)C1(NS(=O)(=O)c2ccccc2)C=C(S(=O)(=O)c2ccc(Cl)cc2)C(=O)c2ccccc21. The van der Waals surface area contributed by atoms with E-state index in [-0.39, 0.29) is 39.2 Å². The molecule has 4 rings (SSSR count). The van der Waals surface area contributed by atoms with E-state index in [4.69, 9.17) is 20.6 Å². The molecule has 1 aliphatic carbocycles. The van der Waals surface area contributed by atoms with Crippen LogP contribution < -0.4 is 4.72 Å². The average Bonchev–Trinajstić information content (AvgIpc) is 2.91. The minimum Gasteiger partial charge on any atom is -0.307 e. The summed E-state index contributed by atoms with van der Waals surface area (Å²) in [6.45, 7) is 2.71. The van der Waals surface area contributed by atoms with E-state index in [1.54, 1.807) is 6.07 Å². The van der Waals surface area contributed by atoms with Crippen LogP contribution in [0.15, 0.2) is 99.6 Å². The Kier molecular flexibility index (Phi) is 8.35. The molecule has 0 aromatic heterocycles. The van der Waals surface area contributed by atoms with Crippen molar-refractivity contribution in [2.75, 3.05) is 13.2 Å². The second-order valence-corrected chi connectivity index (χ2v) is 14.6. The van der Waals surface area contributed by atoms with E-state index in [0.29, 0.717) is 0 Å². The molecule has 39 heavy (non-hydrogen) atoms. The number of rotatable bonds is 10. The maximum atomic E-state index is 14.6. The number of hydrogen-bond acceptors (Lipinski definition) is 8. The number of carbonyl (C=O) groups excluding carboxylic acids is 1. The molecule has 3 aromatic carbocycles. The Hall–Kier alpha value is -2.63. The predicted octanol–water partition coefficient (Wildman–Crippen LogP) is 5.29. The number of allylic oxidation sites excluding steroid dienone is 1. The molecule has 1 unspecified atom stereocenters. The minimum absolute atomic E-state index is 0.0743. The van der Waals surface area contributed by atoms with E-state index in [1.165, 1.54) is 86.6 Å². The fourth-order valence-corrected chi connectivity index (χ4v) is 9.84. The van der Waals surface area contributed by atoms with E-state index < -0.39 is 43.4 Å². The molecule has 0 heterocycles. The van der Waals surface area contributed by atoms with Gasteiger partial charge in [-0.3, -0.25) is 9.36 Å². The lowest BCUT2D eigenvalue weighted by atomic mass is 9.92. The largest absolute Gasteiger partial charge is 0.360 e. The summed E-state index contributed by atoms with van der Waals surface area (Å²) < 4.78 is 83.2. The van der Waals surface area contributed by atoms with E-state index >= 15 is 0 Å². The summed E-state index contributed by atoms with van der Waals surface area (Å²) in [5.74, 6) is -0.908. The highest BCUT2D eigenvalue weighted by atomic mass is 35.5. The number of carbonyl (C=O) groups is 1. The monoisotopic (exact) mass is 609 g/mol. The van der Waals surface area contributed by atoms with Crippen LogP contribution in [0.25, 0.3) is 0 Å². The first-order chi connectivity index (χ1) is 18.4. The lowest BCUT2D eigenvalue weighted by molar-refractivity contribution is 0.103. The molecule has 9 nitrogen and oxygen atoms in total. The van der Waals surface area contributed by atoms with Crippen molar-refractivity contribution in [1.29, 1.82) is 0 Å². The van der Waals surface area contributed by atoms with Gasteiger partial charge in [0.2, 0.25) is 25.6 Å². The minimum atomic E-state index is -4.61. The maximum Gasteiger partial charge on any atom is 0.360 e. The normalized spacial score (nSPS) is 17.9. The molecule has 0 spiro atoms. The van der Waals surface area contributed by atoms with Gasteiger partial charge in [-0.05, 0) is 56.3 Å². The van der Waals surface area contributed by atoms with E-state index in [1.807, 2.05) is 0 Å². The zero-order valence-corrected chi connectivity index (χ0v) is 24.2. The van der Waals surface area contributed by atoms with Crippen LogP contribution in [-0.4, -0.2) is 35.8 Å². The first-order valence-corrected chi connectivity index (χ1v) is 16.7. The molecule has 0 saturated carbocycles. The number of fused-ring (bicyclic) bond motifs is 1. The molecule has 206 valence electrons. The van der Waals surface area contributed by atoms with Gasteiger partial charge in [-0.1, -0.05) is 54.1 Å². The van der Waals surface area contributed by atoms with Crippen LogP contribution >= 0.6 is 19.2 Å². The average molecular weight is 610 g/mol. The number of hydrogen-bond donors (Lipinski definition) is 1. The second-order valence-electron chi connectivity index (χ2n) is 8.36. The van der Waals surface area contributed by atoms with E-state index in [2.05, 4.69) is 4.72 Å². The van der Waals surface area contributed by atoms with Gasteiger partial charge in [0.15, 0.2) is 5.28 Å². The summed E-state index contributed by atoms with van der Waals surface area (Å²) in [5.41, 5.74) is -0.252. The summed E-state index contributed by atoms with van der Waals surface area (Å²) in [7, 11) is -13.7. The number of sulfone groups is 1. The van der Waals surface area contributed by atoms with Gasteiger partial charge in [0, 0.05) is 16.1 Å². The molecule has 0 amide bonds. The van der Waals surface area contributed by atoms with Crippen LogP contribution in [0.3, 0.4) is 0 Å². The van der Waals surface area contributed by atoms with Crippen LogP contribution in [0.2, 0.25) is 5.02 Å². The molecule has 1 aliphatic rings. The van der Waals surface area contributed by atoms with Crippen LogP contribution in [0.4, 0.5) is 0 Å². The Labute approximate surface area is 232 Å². The van der Waals surface area contributed by atoms with Crippen molar-refractivity contribution in [3.8, 4) is 0 Å². The topological polar surface area (TPSA) is 133 Å². The molecule has 0 aliphatic heterocycles. The van der Waals surface area contributed by atoms with Gasteiger partial charge in [-0.2, -0.15) is 4.72 Å². The summed E-state index contributed by atoms with van der Waals surface area (Å²) in [5, 5.41) is -2.15. The van der Waals surface area contributed by atoms with Gasteiger partial charge in [0.1, 0.15) is 4.91 Å². The van der Waals surface area contributed by atoms with Crippen molar-refractivity contribution >= 4 is 44.8 Å². The number of Topliss-reactive ketones (excluding diaryl/α,β-unsaturated/α-hetero) is 1. The Balaban J connectivity index is 2.10. The molecule has 0 radical (unpaired) electrons. The van der Waals surface area contributed by atoms with Crippen LogP contribution in [0.5, 0.6) is 0 Å². The third kappa shape index (κ3) is 5.28. The molecule has 0 saturated heterocycles. The van der Waals surface area contributed by atoms with Gasteiger partial charge in [-0.25, -0.2) is 16.8 Å². The van der Waals surface area contributed by atoms with Gasteiger partial charge in [-0.15, -0.1) is 0 Å². The molecule has 13 heteroatoms. The summed E-state index contributed by atoms with van der Waals surface area (Å²) in [6.07, 6.45) is 0.841. The van der Waals surface area contributed by atoms with Crippen LogP contribution in [-0.2, 0) is 38.8 Å². The molecule has 1 N–H and O–H groups in total. The van der Waals surface area contributed by atoms with Gasteiger partial charge < -0.3 is 9.05 Å². The van der Waals surface area contributed by atoms with Crippen molar-refractivity contribution in [3.05, 3.63) is 106 Å². The Morgan fingerprint density at radius 3 is 1.97 bits per heavy atom. The third-order valence-electron chi connectivity index (χ3n) is 5.93. The third-order valence-corrected chi connectivity index (χ3v) is 12.1. The molecule has 0 fully saturated rings. The van der Waals surface area contributed by atoms with Crippen LogP contribution in [0, 0.1) is 0 Å². The Bertz CT molecular complexity index is 1680. The number of benzene rings is 3. The quantitative estimate of drug-likeness (QED) is 0.307. The van der Waals surface area contributed by atoms with Crippen molar-refractivity contribution in [2.45, 2.75) is 28.9 Å². The van der Waals surface area contributed by atoms with Crippen LogP contribution in [0.1, 0.15) is 29.8 Å². The summed E-state index contributed by atoms with van der Waals surface area (Å²) in [6, 6.07) is 18.1. The zero-order chi connectivity index (χ0) is 28.5. The standard InChI is InChI=1S/C26H25ClNO8PS2/c1-3-35-37(30,36-4-2)26(28-39(33,34)21-10-6-5-7-11-21)18-24(25(29)22-12-8-9-13-23(22)26)38(31,32)20-16-14-19(27)15-17-20/h5-18,28H,3-4H2,1-2H3. The molecular formula is C26H25ClNO8PS2. The smallest absolute Gasteiger partial charge is 0.307 e. The number of nitrogens with one attached hydrogen (secondary N) is 1. The van der Waals surface area contributed by atoms with E-state index in [0.717, 1.165) is 6.08 Å². The fraction of sp³-hybridized carbons (Fsp3) is 0.192. The van der Waals surface area contributed by atoms with Gasteiger partial charge in [0.25, 0.3) is 0 Å². The van der Waals surface area contributed by atoms with Crippen molar-refractivity contribution < 1.29 is 35.2 Å². The highest BCUT2D eigenvalue weighted by Crippen LogP contribution is 2.66. The van der Waals surface area contributed by atoms with E-state index in [9.17, 15) is 26.2 Å². The number of halogens is 1. The first-order valence-electron chi connectivity index (χ1n) is 11.8. The van der Waals surface area contributed by atoms with Gasteiger partial charge >= 0.3 is 7.60 Å². The number of sulfonamides is 1. The van der Waals surface area contributed by atoms with Crippen molar-refractivity contribution in [2.24, 2.45) is 0 Å².